The summed E-state index contributed by atoms with van der Waals surface area (Å²) < 4.78 is 19.3. The van der Waals surface area contributed by atoms with Gasteiger partial charge in [-0.05, 0) is 39.2 Å². The number of halogens is 2. The van der Waals surface area contributed by atoms with Crippen molar-refractivity contribution >= 4 is 23.6 Å². The van der Waals surface area contributed by atoms with E-state index in [0.717, 1.165) is 0 Å². The first-order valence-electron chi connectivity index (χ1n) is 8.28. The molecule has 1 saturated heterocycles. The first-order valence-corrected chi connectivity index (χ1v) is 8.66. The minimum absolute atomic E-state index is 0.0108. The van der Waals surface area contributed by atoms with Gasteiger partial charge < -0.3 is 10.1 Å². The number of likely N-dealkylation sites (tertiary alicyclic amines) is 1. The third-order valence-corrected chi connectivity index (χ3v) is 4.22. The molecule has 138 valence electrons. The summed E-state index contributed by atoms with van der Waals surface area (Å²) in [5.74, 6) is -0.686. The zero-order valence-electron chi connectivity index (χ0n) is 14.9. The Balaban J connectivity index is 2.03. The van der Waals surface area contributed by atoms with Gasteiger partial charge in [-0.1, -0.05) is 30.7 Å². The largest absolute Gasteiger partial charge is 0.444 e. The monoisotopic (exact) mass is 370 g/mol. The lowest BCUT2D eigenvalue weighted by atomic mass is 10.1. The van der Waals surface area contributed by atoms with E-state index < -0.39 is 23.6 Å². The Labute approximate surface area is 152 Å². The number of nitrogens with zero attached hydrogens (tertiary/aromatic N) is 1. The topological polar surface area (TPSA) is 58.6 Å². The average Bonchev–Trinajstić information content (AvgIpc) is 2.89. The fourth-order valence-electron chi connectivity index (χ4n) is 2.80. The quantitative estimate of drug-likeness (QED) is 0.881. The molecule has 0 aromatic heterocycles. The molecule has 5 nitrogen and oxygen atoms in total. The summed E-state index contributed by atoms with van der Waals surface area (Å²) in [5.41, 5.74) is -0.330. The molecule has 0 radical (unpaired) electrons. The molecule has 1 aromatic rings. The number of ether oxygens (including phenoxy) is 1. The van der Waals surface area contributed by atoms with Crippen molar-refractivity contribution in [3.05, 3.63) is 34.6 Å². The molecule has 0 spiro atoms. The second kappa shape index (κ2) is 7.60. The molecule has 0 bridgehead atoms. The number of hydrogen-bond acceptors (Lipinski definition) is 3. The molecule has 1 aliphatic heterocycles. The van der Waals surface area contributed by atoms with Crippen LogP contribution in [0.5, 0.6) is 0 Å². The molecule has 1 aromatic carbocycles. The number of benzene rings is 1. The fourth-order valence-corrected chi connectivity index (χ4v) is 3.00. The van der Waals surface area contributed by atoms with Gasteiger partial charge in [-0.2, -0.15) is 0 Å². The van der Waals surface area contributed by atoms with Gasteiger partial charge in [-0.15, -0.1) is 0 Å². The first-order chi connectivity index (χ1) is 11.6. The van der Waals surface area contributed by atoms with E-state index in [0.29, 0.717) is 18.5 Å². The van der Waals surface area contributed by atoms with Crippen LogP contribution in [0.1, 0.15) is 39.7 Å². The number of carbonyl (C=O) groups is 2. The normalized spacial score (nSPS) is 20.5. The molecule has 1 N–H and O–H groups in total. The van der Waals surface area contributed by atoms with Gasteiger partial charge in [0.15, 0.2) is 0 Å². The van der Waals surface area contributed by atoms with E-state index in [9.17, 15) is 14.0 Å². The lowest BCUT2D eigenvalue weighted by Crippen LogP contribution is -2.47. The van der Waals surface area contributed by atoms with Crippen LogP contribution in [0, 0.1) is 11.7 Å². The molecule has 0 unspecified atom stereocenters. The number of amides is 2. The van der Waals surface area contributed by atoms with Crippen LogP contribution in [0.25, 0.3) is 0 Å². The van der Waals surface area contributed by atoms with Crippen molar-refractivity contribution < 1.29 is 18.7 Å². The molecule has 25 heavy (non-hydrogen) atoms. The minimum Gasteiger partial charge on any atom is -0.444 e. The van der Waals surface area contributed by atoms with Crippen LogP contribution >= 0.6 is 11.6 Å². The van der Waals surface area contributed by atoms with E-state index >= 15 is 0 Å². The lowest BCUT2D eigenvalue weighted by Gasteiger charge is -2.28. The fraction of sp³-hybridized carbons (Fsp3) is 0.556. The van der Waals surface area contributed by atoms with Crippen LogP contribution in [0.4, 0.5) is 9.18 Å². The van der Waals surface area contributed by atoms with Crippen LogP contribution in [0.3, 0.4) is 0 Å². The molecule has 2 atom stereocenters. The van der Waals surface area contributed by atoms with Crippen molar-refractivity contribution in [3.8, 4) is 0 Å². The van der Waals surface area contributed by atoms with Crippen molar-refractivity contribution in [2.24, 2.45) is 5.92 Å². The standard InChI is InChI=1S/C18H24ClFN2O3/c1-11-8-14(22(10-11)17(24)25-18(2,3)4)16(23)21-9-12-6-5-7-13(19)15(12)20/h5-7,11,14H,8-10H2,1-4H3,(H,21,23)/t11-,14+/m1/s1. The third-order valence-electron chi connectivity index (χ3n) is 3.93. The minimum atomic E-state index is -0.631. The summed E-state index contributed by atoms with van der Waals surface area (Å²) >= 11 is 5.74. The Morgan fingerprint density at radius 2 is 2.08 bits per heavy atom. The highest BCUT2D eigenvalue weighted by molar-refractivity contribution is 6.30. The van der Waals surface area contributed by atoms with E-state index in [1.807, 2.05) is 6.92 Å². The summed E-state index contributed by atoms with van der Waals surface area (Å²) in [6.45, 7) is 7.78. The predicted molar refractivity (Wildman–Crippen MR) is 93.8 cm³/mol. The van der Waals surface area contributed by atoms with Gasteiger partial charge in [0.05, 0.1) is 5.02 Å². The van der Waals surface area contributed by atoms with Gasteiger partial charge >= 0.3 is 6.09 Å². The van der Waals surface area contributed by atoms with Gasteiger partial charge in [0, 0.05) is 18.7 Å². The smallest absolute Gasteiger partial charge is 0.410 e. The number of hydrogen-bond donors (Lipinski definition) is 1. The van der Waals surface area contributed by atoms with Crippen molar-refractivity contribution in [2.45, 2.75) is 52.3 Å². The maximum Gasteiger partial charge on any atom is 0.410 e. The average molecular weight is 371 g/mol. The summed E-state index contributed by atoms with van der Waals surface area (Å²) in [6.07, 6.45) is 0.0364. The van der Waals surface area contributed by atoms with E-state index in [1.165, 1.54) is 11.0 Å². The van der Waals surface area contributed by atoms with Crippen molar-refractivity contribution in [1.82, 2.24) is 10.2 Å². The maximum atomic E-state index is 13.9. The summed E-state index contributed by atoms with van der Waals surface area (Å²) in [6, 6.07) is 4.01. The zero-order chi connectivity index (χ0) is 18.8. The molecular weight excluding hydrogens is 347 g/mol. The van der Waals surface area contributed by atoms with Gasteiger partial charge in [-0.25, -0.2) is 9.18 Å². The number of rotatable bonds is 3. The Bertz CT molecular complexity index is 660. The lowest BCUT2D eigenvalue weighted by molar-refractivity contribution is -0.125. The molecule has 0 saturated carbocycles. The highest BCUT2D eigenvalue weighted by Gasteiger charge is 2.39. The number of carbonyl (C=O) groups excluding carboxylic acids is 2. The molecular formula is C18H24ClFN2O3. The predicted octanol–water partition coefficient (Wildman–Crippen LogP) is 3.74. The second-order valence-corrected chi connectivity index (χ2v) is 7.83. The zero-order valence-corrected chi connectivity index (χ0v) is 15.7. The van der Waals surface area contributed by atoms with Crippen LogP contribution in [-0.2, 0) is 16.1 Å². The summed E-state index contributed by atoms with van der Waals surface area (Å²) in [7, 11) is 0. The SMILES string of the molecule is C[C@@H]1C[C@@H](C(=O)NCc2cccc(Cl)c2F)N(C(=O)OC(C)(C)C)C1. The third kappa shape index (κ3) is 5.08. The van der Waals surface area contributed by atoms with Gasteiger partial charge in [0.2, 0.25) is 5.91 Å². The Morgan fingerprint density at radius 1 is 1.40 bits per heavy atom. The molecule has 7 heteroatoms. The van der Waals surface area contributed by atoms with Gasteiger partial charge in [-0.3, -0.25) is 9.69 Å². The van der Waals surface area contributed by atoms with Crippen molar-refractivity contribution in [1.29, 1.82) is 0 Å². The van der Waals surface area contributed by atoms with Crippen LogP contribution in [0.15, 0.2) is 18.2 Å². The van der Waals surface area contributed by atoms with Gasteiger partial charge in [0.1, 0.15) is 17.5 Å². The highest BCUT2D eigenvalue weighted by Crippen LogP contribution is 2.25. The number of nitrogens with one attached hydrogen (secondary N) is 1. The summed E-state index contributed by atoms with van der Waals surface area (Å²) in [4.78, 5) is 26.3. The Kier molecular flexibility index (Phi) is 5.93. The van der Waals surface area contributed by atoms with Crippen LogP contribution < -0.4 is 5.32 Å². The molecule has 2 amide bonds. The van der Waals surface area contributed by atoms with Crippen molar-refractivity contribution in [3.63, 3.8) is 0 Å². The molecule has 1 heterocycles. The van der Waals surface area contributed by atoms with Crippen molar-refractivity contribution in [2.75, 3.05) is 6.54 Å². The molecule has 1 aliphatic rings. The van der Waals surface area contributed by atoms with E-state index in [2.05, 4.69) is 5.32 Å². The molecule has 2 rings (SSSR count). The van der Waals surface area contributed by atoms with E-state index in [1.54, 1.807) is 32.9 Å². The van der Waals surface area contributed by atoms with Gasteiger partial charge in [0.25, 0.3) is 0 Å². The van der Waals surface area contributed by atoms with Crippen LogP contribution in [0.2, 0.25) is 5.02 Å². The van der Waals surface area contributed by atoms with Crippen LogP contribution in [-0.4, -0.2) is 35.1 Å². The second-order valence-electron chi connectivity index (χ2n) is 7.42. The Hall–Kier alpha value is -1.82. The Morgan fingerprint density at radius 3 is 2.72 bits per heavy atom. The molecule has 0 aliphatic carbocycles. The maximum absolute atomic E-state index is 13.9. The van der Waals surface area contributed by atoms with E-state index in [4.69, 9.17) is 16.3 Å². The highest BCUT2D eigenvalue weighted by atomic mass is 35.5. The molecule has 1 fully saturated rings. The van der Waals surface area contributed by atoms with E-state index in [-0.39, 0.29) is 23.4 Å². The first kappa shape index (κ1) is 19.5. The summed E-state index contributed by atoms with van der Waals surface area (Å²) in [5, 5.41) is 2.70.